The van der Waals surface area contributed by atoms with Crippen molar-refractivity contribution in [2.75, 3.05) is 0 Å². The Morgan fingerprint density at radius 3 is 2.78 bits per heavy atom. The summed E-state index contributed by atoms with van der Waals surface area (Å²) in [6, 6.07) is 0. The number of epoxide rings is 1. The van der Waals surface area contributed by atoms with Gasteiger partial charge in [0.25, 0.3) is 0 Å². The third kappa shape index (κ3) is 2.51. The maximum atomic E-state index is 10.7. The smallest absolute Gasteiger partial charge is 0.328 e. The molecule has 0 spiro atoms. The molecule has 2 aliphatic rings. The molecule has 0 aromatic carbocycles. The van der Waals surface area contributed by atoms with E-state index in [1.54, 1.807) is 0 Å². The Balaban J connectivity index is 2.10. The summed E-state index contributed by atoms with van der Waals surface area (Å²) in [5.74, 6) is -0.545. The lowest BCUT2D eigenvalue weighted by Gasteiger charge is -2.39. The van der Waals surface area contributed by atoms with Crippen molar-refractivity contribution in [1.82, 2.24) is 0 Å². The zero-order chi connectivity index (χ0) is 13.5. The van der Waals surface area contributed by atoms with Gasteiger partial charge in [-0.2, -0.15) is 0 Å². The first kappa shape index (κ1) is 13.3. The van der Waals surface area contributed by atoms with Crippen LogP contribution >= 0.6 is 0 Å². The molecule has 1 heterocycles. The van der Waals surface area contributed by atoms with Gasteiger partial charge in [0.05, 0.1) is 6.10 Å². The summed E-state index contributed by atoms with van der Waals surface area (Å²) < 4.78 is 5.73. The minimum atomic E-state index is -0.900. The summed E-state index contributed by atoms with van der Waals surface area (Å²) in [4.78, 5) is 10.7. The Kier molecular flexibility index (Phi) is 3.37. The van der Waals surface area contributed by atoms with Crippen LogP contribution in [0.2, 0.25) is 0 Å². The van der Waals surface area contributed by atoms with E-state index in [1.807, 2.05) is 6.92 Å². The van der Waals surface area contributed by atoms with Crippen molar-refractivity contribution in [2.24, 2.45) is 11.3 Å². The van der Waals surface area contributed by atoms with E-state index in [1.165, 1.54) is 24.5 Å². The van der Waals surface area contributed by atoms with Gasteiger partial charge in [-0.1, -0.05) is 26.0 Å². The standard InChI is InChI=1S/C15H22O3/c1-9-6-5-7-15(3,4)12(9)14-13(18-14)10(2)8-11(16)17/h8,12-14H,1,5-7H2,2-4H3,(H,16,17)/b10-8+/t12-,13-,14-/m1/s1. The number of hydrogen-bond donors (Lipinski definition) is 1. The molecule has 0 bridgehead atoms. The summed E-state index contributed by atoms with van der Waals surface area (Å²) >= 11 is 0. The van der Waals surface area contributed by atoms with E-state index in [0.29, 0.717) is 5.92 Å². The first-order valence-electron chi connectivity index (χ1n) is 6.57. The van der Waals surface area contributed by atoms with E-state index in [9.17, 15) is 4.79 Å². The minimum Gasteiger partial charge on any atom is -0.478 e. The molecule has 2 rings (SSSR count). The summed E-state index contributed by atoms with van der Waals surface area (Å²) in [5, 5.41) is 8.76. The molecular formula is C15H22O3. The number of hydrogen-bond acceptors (Lipinski definition) is 2. The Bertz CT molecular complexity index is 406. The average Bonchev–Trinajstić information content (AvgIpc) is 2.94. The minimum absolute atomic E-state index is 0.0276. The van der Waals surface area contributed by atoms with Crippen LogP contribution in [-0.2, 0) is 9.53 Å². The summed E-state index contributed by atoms with van der Waals surface area (Å²) in [6.07, 6.45) is 4.81. The molecule has 1 N–H and O–H groups in total. The predicted molar refractivity (Wildman–Crippen MR) is 70.3 cm³/mol. The molecule has 0 unspecified atom stereocenters. The highest BCUT2D eigenvalue weighted by Crippen LogP contribution is 2.51. The van der Waals surface area contributed by atoms with Crippen molar-refractivity contribution in [1.29, 1.82) is 0 Å². The van der Waals surface area contributed by atoms with Crippen molar-refractivity contribution < 1.29 is 14.6 Å². The highest BCUT2D eigenvalue weighted by atomic mass is 16.6. The topological polar surface area (TPSA) is 49.8 Å². The molecular weight excluding hydrogens is 228 g/mol. The van der Waals surface area contributed by atoms with Gasteiger partial charge in [-0.15, -0.1) is 0 Å². The summed E-state index contributed by atoms with van der Waals surface area (Å²) in [6.45, 7) is 10.5. The Hall–Kier alpha value is -1.09. The van der Waals surface area contributed by atoms with Crippen molar-refractivity contribution in [3.63, 3.8) is 0 Å². The maximum absolute atomic E-state index is 10.7. The van der Waals surface area contributed by atoms with Crippen LogP contribution in [0.1, 0.15) is 40.0 Å². The fraction of sp³-hybridized carbons (Fsp3) is 0.667. The molecule has 1 saturated heterocycles. The molecule has 2 fully saturated rings. The molecule has 0 radical (unpaired) electrons. The van der Waals surface area contributed by atoms with E-state index in [2.05, 4.69) is 20.4 Å². The van der Waals surface area contributed by atoms with Gasteiger partial charge in [0.15, 0.2) is 0 Å². The second-order valence-electron chi connectivity index (χ2n) is 6.23. The number of carboxylic acids is 1. The van der Waals surface area contributed by atoms with Crippen LogP contribution in [0, 0.1) is 11.3 Å². The molecule has 1 saturated carbocycles. The van der Waals surface area contributed by atoms with Gasteiger partial charge in [-0.3, -0.25) is 0 Å². The Labute approximate surface area is 109 Å². The zero-order valence-corrected chi connectivity index (χ0v) is 11.4. The highest BCUT2D eigenvalue weighted by Gasteiger charge is 2.52. The molecule has 1 aliphatic carbocycles. The van der Waals surface area contributed by atoms with Crippen LogP contribution in [0.4, 0.5) is 0 Å². The first-order chi connectivity index (χ1) is 8.33. The van der Waals surface area contributed by atoms with Gasteiger partial charge >= 0.3 is 5.97 Å². The van der Waals surface area contributed by atoms with E-state index in [-0.39, 0.29) is 17.6 Å². The van der Waals surface area contributed by atoms with E-state index < -0.39 is 5.97 Å². The van der Waals surface area contributed by atoms with Crippen LogP contribution in [-0.4, -0.2) is 23.3 Å². The van der Waals surface area contributed by atoms with Crippen molar-refractivity contribution in [3.05, 3.63) is 23.8 Å². The predicted octanol–water partition coefficient (Wildman–Crippen LogP) is 3.17. The fourth-order valence-electron chi connectivity index (χ4n) is 3.33. The number of carboxylic acid groups (broad SMARTS) is 1. The molecule has 1 aliphatic heterocycles. The lowest BCUT2D eigenvalue weighted by Crippen LogP contribution is -2.34. The van der Waals surface area contributed by atoms with Gasteiger partial charge in [0.1, 0.15) is 6.10 Å². The second-order valence-corrected chi connectivity index (χ2v) is 6.23. The van der Waals surface area contributed by atoms with Gasteiger partial charge in [0.2, 0.25) is 0 Å². The Morgan fingerprint density at radius 1 is 1.56 bits per heavy atom. The molecule has 3 heteroatoms. The fourth-order valence-corrected chi connectivity index (χ4v) is 3.33. The molecule has 0 amide bonds. The van der Waals surface area contributed by atoms with Gasteiger partial charge in [-0.05, 0) is 37.2 Å². The zero-order valence-electron chi connectivity index (χ0n) is 11.4. The third-order valence-electron chi connectivity index (χ3n) is 4.25. The van der Waals surface area contributed by atoms with Crippen LogP contribution in [0.3, 0.4) is 0 Å². The summed E-state index contributed by atoms with van der Waals surface area (Å²) in [7, 11) is 0. The van der Waals surface area contributed by atoms with Crippen LogP contribution in [0.5, 0.6) is 0 Å². The maximum Gasteiger partial charge on any atom is 0.328 e. The number of aliphatic carboxylic acids is 1. The monoisotopic (exact) mass is 250 g/mol. The normalized spacial score (nSPS) is 35.4. The van der Waals surface area contributed by atoms with E-state index in [4.69, 9.17) is 9.84 Å². The SMILES string of the molecule is C=C1CCCC(C)(C)[C@H]1[C@H]1O[C@@H]1/C(C)=C/C(=O)O. The van der Waals surface area contributed by atoms with Gasteiger partial charge < -0.3 is 9.84 Å². The lowest BCUT2D eigenvalue weighted by molar-refractivity contribution is -0.131. The van der Waals surface area contributed by atoms with Crippen LogP contribution in [0.15, 0.2) is 23.8 Å². The van der Waals surface area contributed by atoms with Crippen LogP contribution in [0.25, 0.3) is 0 Å². The number of carbonyl (C=O) groups is 1. The van der Waals surface area contributed by atoms with E-state index in [0.717, 1.165) is 12.0 Å². The summed E-state index contributed by atoms with van der Waals surface area (Å²) in [5.41, 5.74) is 2.28. The largest absolute Gasteiger partial charge is 0.478 e. The Morgan fingerprint density at radius 2 is 2.22 bits per heavy atom. The second kappa shape index (κ2) is 4.54. The average molecular weight is 250 g/mol. The number of ether oxygens (including phenoxy) is 1. The van der Waals surface area contributed by atoms with Gasteiger partial charge in [-0.25, -0.2) is 4.79 Å². The van der Waals surface area contributed by atoms with Crippen molar-refractivity contribution >= 4 is 5.97 Å². The molecule has 0 aromatic rings. The lowest BCUT2D eigenvalue weighted by atomic mass is 9.65. The molecule has 0 aromatic heterocycles. The first-order valence-corrected chi connectivity index (χ1v) is 6.57. The van der Waals surface area contributed by atoms with Crippen molar-refractivity contribution in [2.45, 2.75) is 52.2 Å². The molecule has 100 valence electrons. The third-order valence-corrected chi connectivity index (χ3v) is 4.25. The van der Waals surface area contributed by atoms with Crippen molar-refractivity contribution in [3.8, 4) is 0 Å². The van der Waals surface area contributed by atoms with Gasteiger partial charge in [0, 0.05) is 12.0 Å². The molecule has 18 heavy (non-hydrogen) atoms. The number of rotatable bonds is 3. The quantitative estimate of drug-likeness (QED) is 0.475. The molecule has 3 atom stereocenters. The highest BCUT2D eigenvalue weighted by molar-refractivity contribution is 5.80. The molecule has 3 nitrogen and oxygen atoms in total. The van der Waals surface area contributed by atoms with Crippen LogP contribution < -0.4 is 0 Å². The van der Waals surface area contributed by atoms with E-state index >= 15 is 0 Å².